The maximum absolute atomic E-state index is 12.2. The molecule has 22 heavy (non-hydrogen) atoms. The van der Waals surface area contributed by atoms with Gasteiger partial charge in [-0.3, -0.25) is 9.59 Å². The predicted molar refractivity (Wildman–Crippen MR) is 86.7 cm³/mol. The fourth-order valence-corrected chi connectivity index (χ4v) is 3.46. The van der Waals surface area contributed by atoms with Crippen LogP contribution >= 0.6 is 11.3 Å². The van der Waals surface area contributed by atoms with Crippen molar-refractivity contribution in [2.75, 3.05) is 5.32 Å². The molecular weight excluding hydrogens is 298 g/mol. The van der Waals surface area contributed by atoms with Crippen LogP contribution in [-0.4, -0.2) is 17.0 Å². The zero-order chi connectivity index (χ0) is 15.9. The first kappa shape index (κ1) is 14.8. The lowest BCUT2D eigenvalue weighted by Crippen LogP contribution is -2.10. The third-order valence-corrected chi connectivity index (χ3v) is 5.25. The van der Waals surface area contributed by atoms with Crippen molar-refractivity contribution in [1.29, 1.82) is 0 Å². The average Bonchev–Trinajstić information content (AvgIpc) is 3.21. The van der Waals surface area contributed by atoms with Crippen LogP contribution in [0.25, 0.3) is 0 Å². The van der Waals surface area contributed by atoms with Crippen molar-refractivity contribution in [1.82, 2.24) is 0 Å². The standard InChI is InChI=1S/C17H17NO3S/c1-9-7-15(22-10(9)2)16(19)18-12-5-3-11(4-6-12)13-8-14(13)17(20)21/h3-7,13-14H,8H2,1-2H3,(H,18,19)(H,20,21)/t13-,14+/m0/s1. The molecule has 114 valence electrons. The molecule has 0 bridgehead atoms. The minimum atomic E-state index is -0.731. The number of carboxylic acids is 1. The molecule has 2 atom stereocenters. The van der Waals surface area contributed by atoms with Crippen LogP contribution in [0.4, 0.5) is 5.69 Å². The molecule has 3 rings (SSSR count). The van der Waals surface area contributed by atoms with Gasteiger partial charge in [-0.15, -0.1) is 11.3 Å². The maximum atomic E-state index is 12.2. The zero-order valence-electron chi connectivity index (χ0n) is 12.4. The molecule has 4 nitrogen and oxygen atoms in total. The van der Waals surface area contributed by atoms with Crippen LogP contribution in [0.1, 0.15) is 38.0 Å². The molecule has 2 N–H and O–H groups in total. The highest BCUT2D eigenvalue weighted by Gasteiger charge is 2.43. The van der Waals surface area contributed by atoms with Crippen molar-refractivity contribution in [2.24, 2.45) is 5.92 Å². The Hall–Kier alpha value is -2.14. The van der Waals surface area contributed by atoms with Crippen LogP contribution in [0, 0.1) is 19.8 Å². The third kappa shape index (κ3) is 2.90. The summed E-state index contributed by atoms with van der Waals surface area (Å²) in [5.41, 5.74) is 2.87. The summed E-state index contributed by atoms with van der Waals surface area (Å²) in [5, 5.41) is 11.8. The minimum absolute atomic E-state index is 0.108. The van der Waals surface area contributed by atoms with E-state index in [2.05, 4.69) is 5.32 Å². The number of thiophene rings is 1. The molecule has 0 unspecified atom stereocenters. The SMILES string of the molecule is Cc1cc(C(=O)Nc2ccc([C@@H]3C[C@H]3C(=O)O)cc2)sc1C. The van der Waals surface area contributed by atoms with Crippen LogP contribution in [0.2, 0.25) is 0 Å². The van der Waals surface area contributed by atoms with Crippen molar-refractivity contribution < 1.29 is 14.7 Å². The number of amides is 1. The molecule has 1 amide bonds. The number of hydrogen-bond acceptors (Lipinski definition) is 3. The second-order valence-electron chi connectivity index (χ2n) is 5.71. The van der Waals surface area contributed by atoms with Gasteiger partial charge in [-0.05, 0) is 55.5 Å². The molecule has 1 saturated carbocycles. The summed E-state index contributed by atoms with van der Waals surface area (Å²) in [6.45, 7) is 3.99. The lowest BCUT2D eigenvalue weighted by molar-refractivity contribution is -0.138. The number of benzene rings is 1. The second kappa shape index (κ2) is 5.57. The molecule has 0 saturated heterocycles. The molecular formula is C17H17NO3S. The Morgan fingerprint density at radius 2 is 1.91 bits per heavy atom. The lowest BCUT2D eigenvalue weighted by atomic mass is 10.1. The van der Waals surface area contributed by atoms with Gasteiger partial charge >= 0.3 is 5.97 Å². The van der Waals surface area contributed by atoms with Gasteiger partial charge in [0.05, 0.1) is 10.8 Å². The van der Waals surface area contributed by atoms with Gasteiger partial charge in [-0.2, -0.15) is 0 Å². The van der Waals surface area contributed by atoms with Gasteiger partial charge in [0.1, 0.15) is 0 Å². The summed E-state index contributed by atoms with van der Waals surface area (Å²) in [6.07, 6.45) is 0.703. The molecule has 1 aliphatic carbocycles. The summed E-state index contributed by atoms with van der Waals surface area (Å²) in [7, 11) is 0. The number of carbonyl (C=O) groups is 2. The van der Waals surface area contributed by atoms with Crippen molar-refractivity contribution in [3.05, 3.63) is 51.2 Å². The molecule has 1 aromatic heterocycles. The normalized spacial score (nSPS) is 19.7. The fraction of sp³-hybridized carbons (Fsp3) is 0.294. The monoisotopic (exact) mass is 315 g/mol. The number of anilines is 1. The van der Waals surface area contributed by atoms with E-state index in [4.69, 9.17) is 5.11 Å². The van der Waals surface area contributed by atoms with Crippen LogP contribution < -0.4 is 5.32 Å². The topological polar surface area (TPSA) is 66.4 Å². The molecule has 1 aromatic carbocycles. The van der Waals surface area contributed by atoms with Crippen molar-refractivity contribution in [3.63, 3.8) is 0 Å². The van der Waals surface area contributed by atoms with Gasteiger partial charge in [0, 0.05) is 10.6 Å². The fourth-order valence-electron chi connectivity index (χ4n) is 2.53. The molecule has 1 fully saturated rings. The van der Waals surface area contributed by atoms with Gasteiger partial charge in [-0.25, -0.2) is 0 Å². The Kier molecular flexibility index (Phi) is 3.74. The number of aliphatic carboxylic acids is 1. The van der Waals surface area contributed by atoms with Crippen molar-refractivity contribution in [2.45, 2.75) is 26.2 Å². The number of hydrogen-bond donors (Lipinski definition) is 2. The Morgan fingerprint density at radius 3 is 2.41 bits per heavy atom. The van der Waals surface area contributed by atoms with Crippen LogP contribution in [0.3, 0.4) is 0 Å². The zero-order valence-corrected chi connectivity index (χ0v) is 13.2. The summed E-state index contributed by atoms with van der Waals surface area (Å²) < 4.78 is 0. The predicted octanol–water partition coefficient (Wildman–Crippen LogP) is 3.81. The van der Waals surface area contributed by atoms with Gasteiger partial charge < -0.3 is 10.4 Å². The molecule has 0 aliphatic heterocycles. The van der Waals surface area contributed by atoms with E-state index in [9.17, 15) is 9.59 Å². The molecule has 5 heteroatoms. The van der Waals surface area contributed by atoms with Crippen LogP contribution in [-0.2, 0) is 4.79 Å². The highest BCUT2D eigenvalue weighted by molar-refractivity contribution is 7.14. The smallest absolute Gasteiger partial charge is 0.307 e. The van der Waals surface area contributed by atoms with E-state index in [1.54, 1.807) is 0 Å². The first-order valence-corrected chi connectivity index (χ1v) is 7.98. The molecule has 0 radical (unpaired) electrons. The Labute approximate surface area is 132 Å². The quantitative estimate of drug-likeness (QED) is 0.901. The molecule has 1 aliphatic rings. The van der Waals surface area contributed by atoms with Gasteiger partial charge in [0.15, 0.2) is 0 Å². The highest BCUT2D eigenvalue weighted by atomic mass is 32.1. The Bertz CT molecular complexity index is 713. The first-order valence-electron chi connectivity index (χ1n) is 7.17. The summed E-state index contributed by atoms with van der Waals surface area (Å²) in [4.78, 5) is 24.9. The van der Waals surface area contributed by atoms with E-state index in [0.29, 0.717) is 11.3 Å². The number of rotatable bonds is 4. The number of carbonyl (C=O) groups excluding carboxylic acids is 1. The summed E-state index contributed by atoms with van der Waals surface area (Å²) >= 11 is 1.49. The second-order valence-corrected chi connectivity index (χ2v) is 6.97. The summed E-state index contributed by atoms with van der Waals surface area (Å²) in [5.74, 6) is -0.975. The Morgan fingerprint density at radius 1 is 1.23 bits per heavy atom. The number of carboxylic acid groups (broad SMARTS) is 1. The van der Waals surface area contributed by atoms with Crippen molar-refractivity contribution in [3.8, 4) is 0 Å². The van der Waals surface area contributed by atoms with Gasteiger partial charge in [0.2, 0.25) is 0 Å². The van der Waals surface area contributed by atoms with E-state index in [1.165, 1.54) is 11.3 Å². The number of nitrogens with one attached hydrogen (secondary N) is 1. The lowest BCUT2D eigenvalue weighted by Gasteiger charge is -2.05. The van der Waals surface area contributed by atoms with E-state index in [1.807, 2.05) is 44.2 Å². The van der Waals surface area contributed by atoms with E-state index in [0.717, 1.165) is 21.7 Å². The third-order valence-electron chi connectivity index (χ3n) is 4.09. The van der Waals surface area contributed by atoms with Gasteiger partial charge in [0.25, 0.3) is 5.91 Å². The van der Waals surface area contributed by atoms with Crippen molar-refractivity contribution >= 4 is 28.9 Å². The van der Waals surface area contributed by atoms with Crippen LogP contribution in [0.5, 0.6) is 0 Å². The van der Waals surface area contributed by atoms with Crippen LogP contribution in [0.15, 0.2) is 30.3 Å². The molecule has 2 aromatic rings. The number of aryl methyl sites for hydroxylation is 2. The summed E-state index contributed by atoms with van der Waals surface area (Å²) in [6, 6.07) is 9.35. The van der Waals surface area contributed by atoms with E-state index in [-0.39, 0.29) is 17.7 Å². The first-order chi connectivity index (χ1) is 10.5. The van der Waals surface area contributed by atoms with E-state index >= 15 is 0 Å². The maximum Gasteiger partial charge on any atom is 0.307 e. The molecule has 0 spiro atoms. The van der Waals surface area contributed by atoms with E-state index < -0.39 is 5.97 Å². The largest absolute Gasteiger partial charge is 0.481 e. The average molecular weight is 315 g/mol. The minimum Gasteiger partial charge on any atom is -0.481 e. The highest BCUT2D eigenvalue weighted by Crippen LogP contribution is 2.47. The molecule has 1 heterocycles. The van der Waals surface area contributed by atoms with Gasteiger partial charge in [-0.1, -0.05) is 12.1 Å². The Balaban J connectivity index is 1.66.